The van der Waals surface area contributed by atoms with E-state index < -0.39 is 10.1 Å². The van der Waals surface area contributed by atoms with Gasteiger partial charge in [0.15, 0.2) is 0 Å². The minimum atomic E-state index is -4.02. The van der Waals surface area contributed by atoms with Crippen molar-refractivity contribution in [3.63, 3.8) is 0 Å². The molecule has 0 heterocycles. The minimum Gasteiger partial charge on any atom is -0.310 e. The zero-order valence-electron chi connectivity index (χ0n) is 10.5. The number of rotatable bonds is 5. The largest absolute Gasteiger partial charge is 0.310 e. The molecule has 0 bridgehead atoms. The molecule has 0 saturated heterocycles. The molecule has 0 saturated carbocycles. The zero-order chi connectivity index (χ0) is 14.0. The van der Waals surface area contributed by atoms with Crippen LogP contribution in [0.5, 0.6) is 0 Å². The molecule has 0 aliphatic rings. The van der Waals surface area contributed by atoms with Gasteiger partial charge in [-0.05, 0) is 19.1 Å². The van der Waals surface area contributed by atoms with Crippen LogP contribution in [0.3, 0.4) is 0 Å². The summed E-state index contributed by atoms with van der Waals surface area (Å²) in [7, 11) is -4.02. The third kappa shape index (κ3) is 7.78. The monoisotopic (exact) mass is 269 g/mol. The van der Waals surface area contributed by atoms with Crippen LogP contribution in [-0.4, -0.2) is 26.1 Å². The lowest BCUT2D eigenvalue weighted by Gasteiger charge is -1.95. The molecule has 2 N–H and O–H groups in total. The highest BCUT2D eigenvalue weighted by Gasteiger charge is 2.06. The average molecular weight is 269 g/mol. The fourth-order valence-electron chi connectivity index (χ4n) is 0.998. The fraction of sp³-hybridized carbons (Fsp3) is 0.231. The highest BCUT2D eigenvalue weighted by molar-refractivity contribution is 7.85. The van der Waals surface area contributed by atoms with Crippen molar-refractivity contribution in [2.45, 2.75) is 11.8 Å². The molecule has 0 spiro atoms. The second-order valence-electron chi connectivity index (χ2n) is 3.52. The van der Waals surface area contributed by atoms with E-state index in [1.165, 1.54) is 12.1 Å². The molecule has 100 valence electrons. The lowest BCUT2D eigenvalue weighted by atomic mass is 10.2. The van der Waals surface area contributed by atoms with Crippen molar-refractivity contribution in [3.05, 3.63) is 55.1 Å². The summed E-state index contributed by atoms with van der Waals surface area (Å²) in [6.07, 6.45) is 3.65. The number of aryl methyl sites for hydroxylation is 1. The molecule has 0 radical (unpaired) electrons. The third-order valence-electron chi connectivity index (χ3n) is 1.90. The van der Waals surface area contributed by atoms with Crippen LogP contribution in [0.15, 0.2) is 54.5 Å². The Morgan fingerprint density at radius 1 is 1.17 bits per heavy atom. The Labute approximate surface area is 109 Å². The molecule has 1 rings (SSSR count). The molecule has 1 aromatic carbocycles. The molecule has 5 heteroatoms. The van der Waals surface area contributed by atoms with Crippen molar-refractivity contribution < 1.29 is 13.0 Å². The Balaban J connectivity index is 0.000000360. The summed E-state index contributed by atoms with van der Waals surface area (Å²) in [5.41, 5.74) is 0.956. The van der Waals surface area contributed by atoms with E-state index in [2.05, 4.69) is 18.5 Å². The van der Waals surface area contributed by atoms with Crippen LogP contribution >= 0.6 is 0 Å². The van der Waals surface area contributed by atoms with Crippen LogP contribution in [0.1, 0.15) is 5.56 Å². The summed E-state index contributed by atoms with van der Waals surface area (Å²) in [5.74, 6) is 0. The van der Waals surface area contributed by atoms with E-state index in [0.29, 0.717) is 0 Å². The molecule has 0 aromatic heterocycles. The quantitative estimate of drug-likeness (QED) is 0.488. The van der Waals surface area contributed by atoms with Gasteiger partial charge in [-0.15, -0.1) is 13.2 Å². The van der Waals surface area contributed by atoms with Crippen LogP contribution < -0.4 is 5.32 Å². The molecular formula is C13H19NO3S. The Morgan fingerprint density at radius 2 is 1.61 bits per heavy atom. The average Bonchev–Trinajstić information content (AvgIpc) is 2.30. The summed E-state index contributed by atoms with van der Waals surface area (Å²) in [4.78, 5) is -0.0666. The maximum absolute atomic E-state index is 10.5. The van der Waals surface area contributed by atoms with E-state index >= 15 is 0 Å². The number of nitrogens with one attached hydrogen (secondary N) is 1. The zero-order valence-corrected chi connectivity index (χ0v) is 11.3. The van der Waals surface area contributed by atoms with Gasteiger partial charge in [-0.1, -0.05) is 29.8 Å². The number of hydrogen-bond acceptors (Lipinski definition) is 3. The molecule has 0 aliphatic carbocycles. The van der Waals surface area contributed by atoms with Crippen LogP contribution in [-0.2, 0) is 10.1 Å². The van der Waals surface area contributed by atoms with E-state index in [1.807, 2.05) is 19.1 Å². The van der Waals surface area contributed by atoms with Crippen LogP contribution in [0, 0.1) is 6.92 Å². The summed E-state index contributed by atoms with van der Waals surface area (Å²) in [5, 5.41) is 3.05. The summed E-state index contributed by atoms with van der Waals surface area (Å²) >= 11 is 0. The van der Waals surface area contributed by atoms with Crippen molar-refractivity contribution in [3.8, 4) is 0 Å². The first-order valence-corrected chi connectivity index (χ1v) is 6.82. The minimum absolute atomic E-state index is 0.0666. The van der Waals surface area contributed by atoms with Gasteiger partial charge >= 0.3 is 0 Å². The second-order valence-corrected chi connectivity index (χ2v) is 4.95. The summed E-state index contributed by atoms with van der Waals surface area (Å²) in [6.45, 7) is 10.6. The van der Waals surface area contributed by atoms with Crippen molar-refractivity contribution in [2.75, 3.05) is 13.1 Å². The van der Waals surface area contributed by atoms with E-state index in [1.54, 1.807) is 12.1 Å². The van der Waals surface area contributed by atoms with Crippen LogP contribution in [0.25, 0.3) is 0 Å². The predicted molar refractivity (Wildman–Crippen MR) is 74.3 cm³/mol. The van der Waals surface area contributed by atoms with E-state index in [4.69, 9.17) is 4.55 Å². The molecule has 18 heavy (non-hydrogen) atoms. The van der Waals surface area contributed by atoms with Gasteiger partial charge in [0, 0.05) is 13.1 Å². The van der Waals surface area contributed by atoms with Crippen LogP contribution in [0.2, 0.25) is 0 Å². The standard InChI is InChI=1S/C7H8O3S.C6H11N/c1-6-2-4-7(5-3-6)11(8,9)10;1-3-5-7-6-4-2/h2-5H,1H3,(H,8,9,10);3-4,7H,1-2,5-6H2. The van der Waals surface area contributed by atoms with Crippen molar-refractivity contribution in [2.24, 2.45) is 0 Å². The van der Waals surface area contributed by atoms with E-state index in [-0.39, 0.29) is 4.90 Å². The Bertz CT molecular complexity index is 456. The summed E-state index contributed by atoms with van der Waals surface area (Å²) < 4.78 is 29.6. The van der Waals surface area contributed by atoms with E-state index in [9.17, 15) is 8.42 Å². The third-order valence-corrected chi connectivity index (χ3v) is 2.76. The first kappa shape index (κ1) is 16.6. The maximum Gasteiger partial charge on any atom is 0.294 e. The molecule has 0 atom stereocenters. The van der Waals surface area contributed by atoms with Crippen molar-refractivity contribution in [1.29, 1.82) is 0 Å². The van der Waals surface area contributed by atoms with Crippen molar-refractivity contribution in [1.82, 2.24) is 5.32 Å². The predicted octanol–water partition coefficient (Wildman–Crippen LogP) is 2.19. The molecule has 0 amide bonds. The molecule has 1 aromatic rings. The van der Waals surface area contributed by atoms with Gasteiger partial charge in [-0.3, -0.25) is 4.55 Å². The lowest BCUT2D eigenvalue weighted by molar-refractivity contribution is 0.483. The van der Waals surface area contributed by atoms with Gasteiger partial charge in [-0.25, -0.2) is 0 Å². The topological polar surface area (TPSA) is 66.4 Å². The lowest BCUT2D eigenvalue weighted by Crippen LogP contribution is -2.11. The summed E-state index contributed by atoms with van der Waals surface area (Å²) in [6, 6.07) is 5.99. The first-order valence-electron chi connectivity index (χ1n) is 5.38. The molecular weight excluding hydrogens is 250 g/mol. The van der Waals surface area contributed by atoms with Gasteiger partial charge in [0.05, 0.1) is 4.90 Å². The number of benzene rings is 1. The normalized spacial score (nSPS) is 10.1. The Morgan fingerprint density at radius 3 is 1.94 bits per heavy atom. The first-order chi connectivity index (χ1) is 8.41. The van der Waals surface area contributed by atoms with Gasteiger partial charge in [0.25, 0.3) is 10.1 Å². The van der Waals surface area contributed by atoms with Crippen molar-refractivity contribution >= 4 is 10.1 Å². The van der Waals surface area contributed by atoms with Gasteiger partial charge in [0.1, 0.15) is 0 Å². The van der Waals surface area contributed by atoms with Gasteiger partial charge in [0.2, 0.25) is 0 Å². The fourth-order valence-corrected chi connectivity index (χ4v) is 1.48. The molecule has 0 unspecified atom stereocenters. The van der Waals surface area contributed by atoms with Crippen LogP contribution in [0.4, 0.5) is 0 Å². The van der Waals surface area contributed by atoms with Gasteiger partial charge in [-0.2, -0.15) is 8.42 Å². The highest BCUT2D eigenvalue weighted by atomic mass is 32.2. The smallest absolute Gasteiger partial charge is 0.294 e. The Hall–Kier alpha value is -1.43. The molecule has 0 fully saturated rings. The van der Waals surface area contributed by atoms with E-state index in [0.717, 1.165) is 18.7 Å². The number of hydrogen-bond donors (Lipinski definition) is 2. The molecule has 0 aliphatic heterocycles. The second kappa shape index (κ2) is 8.63. The maximum atomic E-state index is 10.5. The van der Waals surface area contributed by atoms with Gasteiger partial charge < -0.3 is 5.32 Å². The highest BCUT2D eigenvalue weighted by Crippen LogP contribution is 2.08. The Kier molecular flexibility index (Phi) is 7.94. The molecule has 4 nitrogen and oxygen atoms in total. The SMILES string of the molecule is C=CCNCC=C.Cc1ccc(S(=O)(=O)O)cc1.